The standard InChI is InChI=1S/C74H114O6/c1-4-7-10-13-16-18-20-22-24-26-28-30-31-32-33-34-35-36-37-38-39-40-41-42-43-45-46-48-50-52-54-56-58-61-64-67-73(76)79-70-71(69-78-72(75)66-63-60-15-12-9-6-3)80-74(77)68-65-62-59-57-55-53-51-49-47-44-29-27-25-23-21-19-17-14-11-8-5-2/h7-8,10-11,16-19,22-25,28-30,32-33,35-36,38-39,41-42,44-46,49-52,71H,4-6,9,12-15,20-21,26-27,31,34,37,40,43,47-48,53-70H2,1-3H3/b10-7-,11-8-,18-16-,19-17-,24-22-,25-23-,30-28-,33-32-,36-35-,39-38-,42-41-,44-29-,46-45-,51-49-,52-50-. The Morgan fingerprint density at radius 1 is 0.263 bits per heavy atom. The average Bonchev–Trinajstić information content (AvgIpc) is 3.46. The molecule has 6 heteroatoms. The third-order valence-electron chi connectivity index (χ3n) is 12.7. The van der Waals surface area contributed by atoms with Crippen molar-refractivity contribution < 1.29 is 28.6 Å². The molecule has 0 saturated heterocycles. The van der Waals surface area contributed by atoms with E-state index in [-0.39, 0.29) is 31.1 Å². The molecule has 0 N–H and O–H groups in total. The first-order chi connectivity index (χ1) is 39.5. The van der Waals surface area contributed by atoms with Gasteiger partial charge >= 0.3 is 17.9 Å². The number of rotatable bonds is 55. The van der Waals surface area contributed by atoms with E-state index in [1.165, 1.54) is 19.3 Å². The second-order valence-electron chi connectivity index (χ2n) is 20.2. The molecule has 0 saturated carbocycles. The zero-order valence-corrected chi connectivity index (χ0v) is 51.0. The Kier molecular flexibility index (Phi) is 61.5. The van der Waals surface area contributed by atoms with E-state index in [0.29, 0.717) is 19.3 Å². The van der Waals surface area contributed by atoms with Gasteiger partial charge in [-0.2, -0.15) is 0 Å². The van der Waals surface area contributed by atoms with Crippen LogP contribution in [0.25, 0.3) is 0 Å². The average molecular weight is 1100 g/mol. The summed E-state index contributed by atoms with van der Waals surface area (Å²) in [6, 6.07) is 0. The first-order valence-electron chi connectivity index (χ1n) is 31.8. The summed E-state index contributed by atoms with van der Waals surface area (Å²) in [4.78, 5) is 38.0. The molecule has 0 aromatic carbocycles. The van der Waals surface area contributed by atoms with Crippen LogP contribution in [0.1, 0.15) is 245 Å². The number of unbranched alkanes of at least 4 members (excludes halogenated alkanes) is 14. The molecule has 0 fully saturated rings. The Balaban J connectivity index is 4.23. The highest BCUT2D eigenvalue weighted by molar-refractivity contribution is 5.71. The summed E-state index contributed by atoms with van der Waals surface area (Å²) in [5.41, 5.74) is 0. The summed E-state index contributed by atoms with van der Waals surface area (Å²) < 4.78 is 16.7. The predicted molar refractivity (Wildman–Crippen MR) is 348 cm³/mol. The fraction of sp³-hybridized carbons (Fsp3) is 0.554. The maximum Gasteiger partial charge on any atom is 0.306 e. The Morgan fingerprint density at radius 2 is 0.487 bits per heavy atom. The molecule has 6 nitrogen and oxygen atoms in total. The fourth-order valence-electron chi connectivity index (χ4n) is 7.97. The van der Waals surface area contributed by atoms with Crippen LogP contribution in [-0.4, -0.2) is 37.2 Å². The maximum absolute atomic E-state index is 12.8. The maximum atomic E-state index is 12.8. The lowest BCUT2D eigenvalue weighted by Gasteiger charge is -2.18. The van der Waals surface area contributed by atoms with E-state index >= 15 is 0 Å². The van der Waals surface area contributed by atoms with Gasteiger partial charge in [-0.3, -0.25) is 14.4 Å². The Bertz CT molecular complexity index is 1890. The van der Waals surface area contributed by atoms with Crippen LogP contribution >= 0.6 is 0 Å². The number of ether oxygens (including phenoxy) is 3. The molecule has 1 atom stereocenters. The normalized spacial score (nSPS) is 13.4. The molecule has 0 spiro atoms. The molecule has 0 aromatic rings. The molecule has 80 heavy (non-hydrogen) atoms. The quantitative estimate of drug-likeness (QED) is 0.0261. The van der Waals surface area contributed by atoms with Gasteiger partial charge in [0, 0.05) is 19.3 Å². The summed E-state index contributed by atoms with van der Waals surface area (Å²) in [6.45, 7) is 6.29. The van der Waals surface area contributed by atoms with Gasteiger partial charge in [-0.1, -0.05) is 267 Å². The van der Waals surface area contributed by atoms with Crippen molar-refractivity contribution in [2.75, 3.05) is 13.2 Å². The minimum atomic E-state index is -0.806. The van der Waals surface area contributed by atoms with Crippen LogP contribution in [0.2, 0.25) is 0 Å². The van der Waals surface area contributed by atoms with Crippen molar-refractivity contribution in [2.45, 2.75) is 252 Å². The number of esters is 3. The Morgan fingerprint density at radius 3 is 0.762 bits per heavy atom. The summed E-state index contributed by atoms with van der Waals surface area (Å²) in [5.74, 6) is -0.967. The number of allylic oxidation sites excluding steroid dienone is 30. The largest absolute Gasteiger partial charge is 0.462 e. The van der Waals surface area contributed by atoms with Crippen molar-refractivity contribution in [3.63, 3.8) is 0 Å². The van der Waals surface area contributed by atoms with E-state index in [1.54, 1.807) is 0 Å². The van der Waals surface area contributed by atoms with E-state index < -0.39 is 6.10 Å². The summed E-state index contributed by atoms with van der Waals surface area (Å²) in [7, 11) is 0. The van der Waals surface area contributed by atoms with Crippen LogP contribution in [0.5, 0.6) is 0 Å². The third-order valence-corrected chi connectivity index (χ3v) is 12.7. The molecular formula is C74H114O6. The van der Waals surface area contributed by atoms with E-state index in [4.69, 9.17) is 14.2 Å². The topological polar surface area (TPSA) is 78.9 Å². The van der Waals surface area contributed by atoms with Gasteiger partial charge in [0.05, 0.1) is 0 Å². The zero-order valence-electron chi connectivity index (χ0n) is 51.0. The Labute approximate surface area is 491 Å². The molecule has 0 aromatic heterocycles. The summed E-state index contributed by atoms with van der Waals surface area (Å²) in [6.07, 6.45) is 99.3. The highest BCUT2D eigenvalue weighted by atomic mass is 16.6. The van der Waals surface area contributed by atoms with Gasteiger partial charge in [0.2, 0.25) is 0 Å². The van der Waals surface area contributed by atoms with Gasteiger partial charge in [-0.05, 0) is 141 Å². The van der Waals surface area contributed by atoms with E-state index in [0.717, 1.165) is 186 Å². The number of hydrogen-bond acceptors (Lipinski definition) is 6. The van der Waals surface area contributed by atoms with Crippen molar-refractivity contribution in [2.24, 2.45) is 0 Å². The lowest BCUT2D eigenvalue weighted by molar-refractivity contribution is -0.167. The van der Waals surface area contributed by atoms with Gasteiger partial charge in [0.25, 0.3) is 0 Å². The minimum absolute atomic E-state index is 0.102. The molecule has 0 aliphatic rings. The van der Waals surface area contributed by atoms with Crippen LogP contribution in [0, 0.1) is 0 Å². The van der Waals surface area contributed by atoms with E-state index in [2.05, 4.69) is 203 Å². The molecule has 0 heterocycles. The molecule has 0 rings (SSSR count). The molecule has 0 radical (unpaired) electrons. The van der Waals surface area contributed by atoms with Crippen LogP contribution in [0.15, 0.2) is 182 Å². The summed E-state index contributed by atoms with van der Waals surface area (Å²) in [5, 5.41) is 0. The first-order valence-corrected chi connectivity index (χ1v) is 31.8. The highest BCUT2D eigenvalue weighted by Crippen LogP contribution is 2.13. The highest BCUT2D eigenvalue weighted by Gasteiger charge is 2.19. The van der Waals surface area contributed by atoms with Crippen molar-refractivity contribution in [3.05, 3.63) is 182 Å². The van der Waals surface area contributed by atoms with Crippen molar-refractivity contribution >= 4 is 17.9 Å². The molecular weight excluding hydrogens is 985 g/mol. The first kappa shape index (κ1) is 74.5. The van der Waals surface area contributed by atoms with Crippen LogP contribution in [0.4, 0.5) is 0 Å². The fourth-order valence-corrected chi connectivity index (χ4v) is 7.97. The van der Waals surface area contributed by atoms with E-state index in [1.807, 2.05) is 0 Å². The number of hydrogen-bond donors (Lipinski definition) is 0. The number of carbonyl (C=O) groups is 3. The lowest BCUT2D eigenvalue weighted by atomic mass is 10.1. The second-order valence-corrected chi connectivity index (χ2v) is 20.2. The molecule has 0 aliphatic heterocycles. The lowest BCUT2D eigenvalue weighted by Crippen LogP contribution is -2.30. The minimum Gasteiger partial charge on any atom is -0.462 e. The molecule has 446 valence electrons. The monoisotopic (exact) mass is 1100 g/mol. The third kappa shape index (κ3) is 63.3. The zero-order chi connectivity index (χ0) is 57.8. The van der Waals surface area contributed by atoms with Gasteiger partial charge in [0.1, 0.15) is 13.2 Å². The van der Waals surface area contributed by atoms with Gasteiger partial charge < -0.3 is 14.2 Å². The molecule has 0 aliphatic carbocycles. The molecule has 0 amide bonds. The predicted octanol–water partition coefficient (Wildman–Crippen LogP) is 22.0. The van der Waals surface area contributed by atoms with Crippen LogP contribution in [0.3, 0.4) is 0 Å². The number of carbonyl (C=O) groups excluding carboxylic acids is 3. The second kappa shape index (κ2) is 66.0. The SMILES string of the molecule is CC/C=C\C/C=C\C/C=C\C/C=C\C/C=C\C/C=C\C/C=C\C/C=C\C/C=C\C/C=C\CCCCCCC(=O)OCC(COC(=O)CCCCCCCC)OC(=O)CCCCCCC/C=C\C/C=C\C/C=C\C/C=C\C/C=C\CC. The molecule has 0 bridgehead atoms. The van der Waals surface area contributed by atoms with Gasteiger partial charge in [0.15, 0.2) is 6.10 Å². The smallest absolute Gasteiger partial charge is 0.306 e. The Hall–Kier alpha value is -5.49. The molecule has 1 unspecified atom stereocenters. The van der Waals surface area contributed by atoms with Gasteiger partial charge in [-0.25, -0.2) is 0 Å². The van der Waals surface area contributed by atoms with Crippen molar-refractivity contribution in [1.82, 2.24) is 0 Å². The van der Waals surface area contributed by atoms with Gasteiger partial charge in [-0.15, -0.1) is 0 Å². The van der Waals surface area contributed by atoms with Crippen LogP contribution < -0.4 is 0 Å². The summed E-state index contributed by atoms with van der Waals surface area (Å²) >= 11 is 0. The van der Waals surface area contributed by atoms with Crippen molar-refractivity contribution in [3.8, 4) is 0 Å². The van der Waals surface area contributed by atoms with Crippen molar-refractivity contribution in [1.29, 1.82) is 0 Å². The van der Waals surface area contributed by atoms with Crippen LogP contribution in [-0.2, 0) is 28.6 Å². The van der Waals surface area contributed by atoms with E-state index in [9.17, 15) is 14.4 Å².